The highest BCUT2D eigenvalue weighted by Gasteiger charge is 2.20. The lowest BCUT2D eigenvalue weighted by molar-refractivity contribution is 0.0954. The van der Waals surface area contributed by atoms with E-state index in [-0.39, 0.29) is 5.91 Å². The number of amides is 1. The van der Waals surface area contributed by atoms with Crippen LogP contribution in [0.1, 0.15) is 79.4 Å². The van der Waals surface area contributed by atoms with Crippen molar-refractivity contribution in [1.29, 1.82) is 0 Å². The predicted molar refractivity (Wildman–Crippen MR) is 130 cm³/mol. The molecule has 2 aromatic carbocycles. The lowest BCUT2D eigenvalue weighted by atomic mass is 10.0. The molecule has 2 aliphatic rings. The van der Waals surface area contributed by atoms with Crippen LogP contribution in [0.25, 0.3) is 0 Å². The predicted octanol–water partition coefficient (Wildman–Crippen LogP) is 5.78. The monoisotopic (exact) mass is 434 g/mol. The van der Waals surface area contributed by atoms with Crippen molar-refractivity contribution in [3.8, 4) is 5.75 Å². The molecule has 2 fully saturated rings. The van der Waals surface area contributed by atoms with Crippen LogP contribution in [0, 0.1) is 5.92 Å². The number of ether oxygens (including phenoxy) is 1. The fourth-order valence-corrected chi connectivity index (χ4v) is 4.53. The fraction of sp³-hybridized carbons (Fsp3) is 0.536. The first-order chi connectivity index (χ1) is 15.7. The van der Waals surface area contributed by atoms with E-state index in [1.807, 2.05) is 24.3 Å². The van der Waals surface area contributed by atoms with Crippen LogP contribution in [0.15, 0.2) is 48.5 Å². The van der Waals surface area contributed by atoms with E-state index in [4.69, 9.17) is 4.74 Å². The molecule has 4 rings (SSSR count). The van der Waals surface area contributed by atoms with Gasteiger partial charge in [-0.05, 0) is 87.0 Å². The number of benzene rings is 2. The summed E-state index contributed by atoms with van der Waals surface area (Å²) >= 11 is 0. The topological polar surface area (TPSA) is 41.6 Å². The van der Waals surface area contributed by atoms with Gasteiger partial charge in [-0.3, -0.25) is 9.69 Å². The van der Waals surface area contributed by atoms with Crippen molar-refractivity contribution >= 4 is 5.91 Å². The van der Waals surface area contributed by atoms with Crippen LogP contribution < -0.4 is 10.1 Å². The maximum absolute atomic E-state index is 12.4. The SMILES string of the molecule is CC(c1ccc(CCNC(=O)c2ccc(OCCC3CC3)cc2)cc1)N1CCCCCC1. The molecular formula is C28H38N2O2. The van der Waals surface area contributed by atoms with Crippen molar-refractivity contribution in [3.05, 3.63) is 65.2 Å². The third-order valence-corrected chi connectivity index (χ3v) is 6.96. The highest BCUT2D eigenvalue weighted by Crippen LogP contribution is 2.32. The van der Waals surface area contributed by atoms with Crippen LogP contribution in [0.5, 0.6) is 5.75 Å². The fourth-order valence-electron chi connectivity index (χ4n) is 4.53. The summed E-state index contributed by atoms with van der Waals surface area (Å²) in [6.07, 6.45) is 10.1. The molecule has 1 atom stereocenters. The number of nitrogens with one attached hydrogen (secondary N) is 1. The molecule has 32 heavy (non-hydrogen) atoms. The third-order valence-electron chi connectivity index (χ3n) is 6.96. The van der Waals surface area contributed by atoms with Crippen molar-refractivity contribution in [2.75, 3.05) is 26.2 Å². The molecule has 0 spiro atoms. The zero-order valence-electron chi connectivity index (χ0n) is 19.5. The first kappa shape index (κ1) is 22.8. The second kappa shape index (κ2) is 11.5. The van der Waals surface area contributed by atoms with Gasteiger partial charge in [-0.2, -0.15) is 0 Å². The van der Waals surface area contributed by atoms with E-state index >= 15 is 0 Å². The lowest BCUT2D eigenvalue weighted by Gasteiger charge is -2.28. The van der Waals surface area contributed by atoms with Gasteiger partial charge < -0.3 is 10.1 Å². The molecule has 1 amide bonds. The number of carbonyl (C=O) groups is 1. The Bertz CT molecular complexity index is 835. The Balaban J connectivity index is 1.19. The van der Waals surface area contributed by atoms with Gasteiger partial charge in [-0.1, -0.05) is 49.9 Å². The van der Waals surface area contributed by atoms with Crippen LogP contribution in [0.4, 0.5) is 0 Å². The molecule has 4 heteroatoms. The van der Waals surface area contributed by atoms with Gasteiger partial charge in [0.2, 0.25) is 0 Å². The number of carbonyl (C=O) groups excluding carboxylic acids is 1. The molecule has 1 N–H and O–H groups in total. The molecule has 1 heterocycles. The average molecular weight is 435 g/mol. The normalized spacial score (nSPS) is 18.0. The van der Waals surface area contributed by atoms with Crippen molar-refractivity contribution in [1.82, 2.24) is 10.2 Å². The molecule has 4 nitrogen and oxygen atoms in total. The largest absolute Gasteiger partial charge is 0.494 e. The Morgan fingerprint density at radius 1 is 1.00 bits per heavy atom. The molecule has 1 aliphatic carbocycles. The van der Waals surface area contributed by atoms with Gasteiger partial charge in [0.05, 0.1) is 6.61 Å². The second-order valence-electron chi connectivity index (χ2n) is 9.48. The molecule has 0 bridgehead atoms. The Hall–Kier alpha value is -2.33. The first-order valence-corrected chi connectivity index (χ1v) is 12.5. The molecule has 0 radical (unpaired) electrons. The first-order valence-electron chi connectivity index (χ1n) is 12.5. The second-order valence-corrected chi connectivity index (χ2v) is 9.48. The number of rotatable bonds is 10. The summed E-state index contributed by atoms with van der Waals surface area (Å²) in [6.45, 7) is 6.15. The maximum atomic E-state index is 12.4. The van der Waals surface area contributed by atoms with E-state index in [0.29, 0.717) is 18.2 Å². The van der Waals surface area contributed by atoms with E-state index in [0.717, 1.165) is 31.1 Å². The minimum absolute atomic E-state index is 0.0269. The van der Waals surface area contributed by atoms with Gasteiger partial charge in [0.1, 0.15) is 5.75 Å². The number of hydrogen-bond acceptors (Lipinski definition) is 3. The summed E-state index contributed by atoms with van der Waals surface area (Å²) in [5, 5.41) is 3.04. The highest BCUT2D eigenvalue weighted by atomic mass is 16.5. The van der Waals surface area contributed by atoms with Crippen molar-refractivity contribution in [3.63, 3.8) is 0 Å². The Kier molecular flexibility index (Phi) is 8.22. The Morgan fingerprint density at radius 2 is 1.69 bits per heavy atom. The van der Waals surface area contributed by atoms with Crippen LogP contribution in [0.2, 0.25) is 0 Å². The van der Waals surface area contributed by atoms with E-state index < -0.39 is 0 Å². The van der Waals surface area contributed by atoms with E-state index in [9.17, 15) is 4.79 Å². The summed E-state index contributed by atoms with van der Waals surface area (Å²) in [6, 6.07) is 16.9. The summed E-state index contributed by atoms with van der Waals surface area (Å²) in [5.74, 6) is 1.69. The highest BCUT2D eigenvalue weighted by molar-refractivity contribution is 5.94. The van der Waals surface area contributed by atoms with Crippen LogP contribution in [-0.2, 0) is 6.42 Å². The third kappa shape index (κ3) is 6.83. The van der Waals surface area contributed by atoms with Crippen molar-refractivity contribution in [2.45, 2.75) is 64.3 Å². The molecule has 2 aromatic rings. The average Bonchev–Trinajstić information content (AvgIpc) is 3.67. The molecule has 1 saturated carbocycles. The van der Waals surface area contributed by atoms with E-state index in [2.05, 4.69) is 41.4 Å². The zero-order valence-corrected chi connectivity index (χ0v) is 19.5. The van der Waals surface area contributed by atoms with Crippen LogP contribution >= 0.6 is 0 Å². The van der Waals surface area contributed by atoms with Crippen LogP contribution in [-0.4, -0.2) is 37.0 Å². The summed E-state index contributed by atoms with van der Waals surface area (Å²) in [5.41, 5.74) is 3.33. The van der Waals surface area contributed by atoms with Gasteiger partial charge in [0, 0.05) is 18.2 Å². The molecule has 1 unspecified atom stereocenters. The minimum atomic E-state index is -0.0269. The van der Waals surface area contributed by atoms with Gasteiger partial charge in [-0.25, -0.2) is 0 Å². The van der Waals surface area contributed by atoms with Gasteiger partial charge in [-0.15, -0.1) is 0 Å². The van der Waals surface area contributed by atoms with Gasteiger partial charge in [0.15, 0.2) is 0 Å². The van der Waals surface area contributed by atoms with Crippen molar-refractivity contribution < 1.29 is 9.53 Å². The van der Waals surface area contributed by atoms with E-state index in [1.54, 1.807) is 0 Å². The summed E-state index contributed by atoms with van der Waals surface area (Å²) in [4.78, 5) is 15.1. The maximum Gasteiger partial charge on any atom is 0.251 e. The number of nitrogens with zero attached hydrogens (tertiary/aromatic N) is 1. The smallest absolute Gasteiger partial charge is 0.251 e. The molecular weight excluding hydrogens is 396 g/mol. The molecule has 172 valence electrons. The summed E-state index contributed by atoms with van der Waals surface area (Å²) < 4.78 is 5.77. The Labute approximate surface area is 193 Å². The van der Waals surface area contributed by atoms with Crippen LogP contribution in [0.3, 0.4) is 0 Å². The quantitative estimate of drug-likeness (QED) is 0.516. The van der Waals surface area contributed by atoms with E-state index in [1.165, 1.54) is 62.7 Å². The van der Waals surface area contributed by atoms with Gasteiger partial charge in [0.25, 0.3) is 5.91 Å². The standard InChI is InChI=1S/C28H38N2O2/c1-22(30-19-4-2-3-5-20-30)25-10-8-23(9-11-25)16-18-29-28(31)26-12-14-27(15-13-26)32-21-17-24-6-7-24/h8-15,22,24H,2-7,16-21H2,1H3,(H,29,31). The number of hydrogen-bond donors (Lipinski definition) is 1. The lowest BCUT2D eigenvalue weighted by Crippen LogP contribution is -2.28. The summed E-state index contributed by atoms with van der Waals surface area (Å²) in [7, 11) is 0. The minimum Gasteiger partial charge on any atom is -0.494 e. The molecule has 1 saturated heterocycles. The van der Waals surface area contributed by atoms with Gasteiger partial charge >= 0.3 is 0 Å². The zero-order chi connectivity index (χ0) is 22.2. The molecule has 0 aromatic heterocycles. The Morgan fingerprint density at radius 3 is 2.34 bits per heavy atom. The molecule has 1 aliphatic heterocycles. The number of likely N-dealkylation sites (tertiary alicyclic amines) is 1. The van der Waals surface area contributed by atoms with Crippen molar-refractivity contribution in [2.24, 2.45) is 5.92 Å².